The first-order chi connectivity index (χ1) is 8.70. The highest BCUT2D eigenvalue weighted by Gasteiger charge is 2.25. The molecule has 1 aliphatic carbocycles. The monoisotopic (exact) mass is 249 g/mol. The Morgan fingerprint density at radius 1 is 1.50 bits per heavy atom. The van der Waals surface area contributed by atoms with Gasteiger partial charge in [-0.05, 0) is 12.8 Å². The Kier molecular flexibility index (Phi) is 3.96. The molecule has 2 rings (SSSR count). The van der Waals surface area contributed by atoms with Gasteiger partial charge in [0.1, 0.15) is 11.6 Å². The van der Waals surface area contributed by atoms with Crippen molar-refractivity contribution in [2.24, 2.45) is 5.73 Å². The molecular weight excluding hydrogens is 230 g/mol. The van der Waals surface area contributed by atoms with Crippen LogP contribution in [0.4, 0.5) is 11.6 Å². The SMILES string of the molecule is CNc1cncc(N(CC(N)=O)C2CCCC2)n1. The minimum atomic E-state index is -0.335. The molecule has 3 N–H and O–H groups in total. The Morgan fingerprint density at radius 2 is 2.22 bits per heavy atom. The van der Waals surface area contributed by atoms with Gasteiger partial charge in [-0.1, -0.05) is 12.8 Å². The number of hydrogen-bond donors (Lipinski definition) is 2. The third-order valence-corrected chi connectivity index (χ3v) is 3.26. The lowest BCUT2D eigenvalue weighted by atomic mass is 10.2. The second-order valence-corrected chi connectivity index (χ2v) is 4.55. The van der Waals surface area contributed by atoms with Crippen LogP contribution in [0.2, 0.25) is 0 Å². The van der Waals surface area contributed by atoms with Gasteiger partial charge < -0.3 is 16.0 Å². The second-order valence-electron chi connectivity index (χ2n) is 4.55. The Balaban J connectivity index is 2.23. The predicted octanol–water partition coefficient (Wildman–Crippen LogP) is 0.753. The number of rotatable bonds is 5. The largest absolute Gasteiger partial charge is 0.372 e. The average Bonchev–Trinajstić information content (AvgIpc) is 2.89. The van der Waals surface area contributed by atoms with Gasteiger partial charge in [-0.15, -0.1) is 0 Å². The number of nitrogens with zero attached hydrogens (tertiary/aromatic N) is 3. The quantitative estimate of drug-likeness (QED) is 0.804. The van der Waals surface area contributed by atoms with E-state index in [0.717, 1.165) is 12.8 Å². The molecule has 0 radical (unpaired) electrons. The number of nitrogens with one attached hydrogen (secondary N) is 1. The molecule has 1 fully saturated rings. The van der Waals surface area contributed by atoms with E-state index in [9.17, 15) is 4.79 Å². The van der Waals surface area contributed by atoms with Gasteiger partial charge in [0, 0.05) is 13.1 Å². The molecule has 0 saturated heterocycles. The Bertz CT molecular complexity index is 417. The third-order valence-electron chi connectivity index (χ3n) is 3.26. The molecule has 0 spiro atoms. The smallest absolute Gasteiger partial charge is 0.237 e. The zero-order chi connectivity index (χ0) is 13.0. The van der Waals surface area contributed by atoms with Gasteiger partial charge >= 0.3 is 0 Å². The number of anilines is 2. The Morgan fingerprint density at radius 3 is 2.83 bits per heavy atom. The summed E-state index contributed by atoms with van der Waals surface area (Å²) in [6.07, 6.45) is 7.89. The normalized spacial score (nSPS) is 15.6. The summed E-state index contributed by atoms with van der Waals surface area (Å²) in [6, 6.07) is 0.346. The van der Waals surface area contributed by atoms with E-state index in [1.54, 1.807) is 19.4 Å². The van der Waals surface area contributed by atoms with E-state index in [4.69, 9.17) is 5.73 Å². The lowest BCUT2D eigenvalue weighted by Gasteiger charge is -2.28. The molecule has 1 saturated carbocycles. The van der Waals surface area contributed by atoms with Gasteiger partial charge in [0.2, 0.25) is 5.91 Å². The van der Waals surface area contributed by atoms with Crippen LogP contribution in [0, 0.1) is 0 Å². The topological polar surface area (TPSA) is 84.1 Å². The van der Waals surface area contributed by atoms with Crippen molar-refractivity contribution < 1.29 is 4.79 Å². The maximum Gasteiger partial charge on any atom is 0.237 e. The van der Waals surface area contributed by atoms with Gasteiger partial charge in [0.25, 0.3) is 0 Å². The van der Waals surface area contributed by atoms with Crippen LogP contribution in [0.3, 0.4) is 0 Å². The first-order valence-electron chi connectivity index (χ1n) is 6.25. The van der Waals surface area contributed by atoms with Crippen molar-refractivity contribution >= 4 is 17.5 Å². The van der Waals surface area contributed by atoms with Crippen LogP contribution in [0.1, 0.15) is 25.7 Å². The van der Waals surface area contributed by atoms with Gasteiger partial charge in [0.05, 0.1) is 18.9 Å². The van der Waals surface area contributed by atoms with E-state index >= 15 is 0 Å². The molecule has 1 aromatic rings. The van der Waals surface area contributed by atoms with Gasteiger partial charge in [-0.2, -0.15) is 0 Å². The fourth-order valence-electron chi connectivity index (χ4n) is 2.40. The summed E-state index contributed by atoms with van der Waals surface area (Å²) < 4.78 is 0. The van der Waals surface area contributed by atoms with Crippen molar-refractivity contribution in [1.29, 1.82) is 0 Å². The zero-order valence-electron chi connectivity index (χ0n) is 10.6. The molecule has 6 nitrogen and oxygen atoms in total. The van der Waals surface area contributed by atoms with E-state index < -0.39 is 0 Å². The fraction of sp³-hybridized carbons (Fsp3) is 0.583. The first kappa shape index (κ1) is 12.6. The molecular formula is C12H19N5O. The van der Waals surface area contributed by atoms with Gasteiger partial charge in [0.15, 0.2) is 0 Å². The maximum atomic E-state index is 11.2. The highest BCUT2D eigenvalue weighted by atomic mass is 16.1. The predicted molar refractivity (Wildman–Crippen MR) is 70.4 cm³/mol. The average molecular weight is 249 g/mol. The van der Waals surface area contributed by atoms with Crippen LogP contribution in [0.5, 0.6) is 0 Å². The van der Waals surface area contributed by atoms with E-state index in [1.165, 1.54) is 12.8 Å². The summed E-state index contributed by atoms with van der Waals surface area (Å²) in [5.41, 5.74) is 5.32. The molecule has 1 aliphatic rings. The fourth-order valence-corrected chi connectivity index (χ4v) is 2.40. The number of aromatic nitrogens is 2. The lowest BCUT2D eigenvalue weighted by Crippen LogP contribution is -2.40. The number of carbonyl (C=O) groups is 1. The summed E-state index contributed by atoms with van der Waals surface area (Å²) in [5.74, 6) is 1.08. The van der Waals surface area contributed by atoms with Crippen LogP contribution in [0.25, 0.3) is 0 Å². The van der Waals surface area contributed by atoms with E-state index in [1.807, 2.05) is 4.90 Å². The summed E-state index contributed by atoms with van der Waals surface area (Å²) in [6.45, 7) is 0.201. The second kappa shape index (κ2) is 5.66. The molecule has 1 aromatic heterocycles. The van der Waals surface area contributed by atoms with Crippen molar-refractivity contribution in [3.05, 3.63) is 12.4 Å². The van der Waals surface area contributed by atoms with Crippen molar-refractivity contribution in [2.45, 2.75) is 31.7 Å². The van der Waals surface area contributed by atoms with Crippen molar-refractivity contribution in [2.75, 3.05) is 23.8 Å². The number of primary amides is 1. The third kappa shape index (κ3) is 2.88. The molecule has 0 unspecified atom stereocenters. The summed E-state index contributed by atoms with van der Waals surface area (Å²) in [7, 11) is 1.79. The van der Waals surface area contributed by atoms with Crippen LogP contribution in [0.15, 0.2) is 12.4 Å². The van der Waals surface area contributed by atoms with Crippen LogP contribution in [-0.2, 0) is 4.79 Å². The minimum Gasteiger partial charge on any atom is -0.372 e. The van der Waals surface area contributed by atoms with E-state index in [-0.39, 0.29) is 12.5 Å². The van der Waals surface area contributed by atoms with Gasteiger partial charge in [-0.3, -0.25) is 9.78 Å². The molecule has 0 atom stereocenters. The van der Waals surface area contributed by atoms with Gasteiger partial charge in [-0.25, -0.2) is 4.98 Å². The summed E-state index contributed by atoms with van der Waals surface area (Å²) in [5, 5.41) is 2.95. The van der Waals surface area contributed by atoms with Crippen LogP contribution >= 0.6 is 0 Å². The Labute approximate surface area is 107 Å². The number of nitrogens with two attached hydrogens (primary N) is 1. The number of carbonyl (C=O) groups excluding carboxylic acids is 1. The summed E-state index contributed by atoms with van der Waals surface area (Å²) in [4.78, 5) is 21.8. The zero-order valence-corrected chi connectivity index (χ0v) is 10.6. The molecule has 0 aliphatic heterocycles. The lowest BCUT2D eigenvalue weighted by molar-refractivity contribution is -0.116. The number of amides is 1. The minimum absolute atomic E-state index is 0.201. The standard InChI is InChI=1S/C12H19N5O/c1-14-11-6-15-7-12(16-11)17(8-10(13)18)9-4-2-3-5-9/h6-7,9H,2-5,8H2,1H3,(H2,13,18)(H,14,16). The molecule has 0 aromatic carbocycles. The van der Waals surface area contributed by atoms with E-state index in [2.05, 4.69) is 15.3 Å². The molecule has 1 heterocycles. The first-order valence-corrected chi connectivity index (χ1v) is 6.25. The molecule has 6 heteroatoms. The molecule has 0 bridgehead atoms. The maximum absolute atomic E-state index is 11.2. The van der Waals surface area contributed by atoms with Crippen molar-refractivity contribution in [1.82, 2.24) is 9.97 Å². The molecule has 98 valence electrons. The number of hydrogen-bond acceptors (Lipinski definition) is 5. The highest BCUT2D eigenvalue weighted by Crippen LogP contribution is 2.27. The van der Waals surface area contributed by atoms with Crippen molar-refractivity contribution in [3.63, 3.8) is 0 Å². The van der Waals surface area contributed by atoms with E-state index in [0.29, 0.717) is 17.7 Å². The highest BCUT2D eigenvalue weighted by molar-refractivity contribution is 5.79. The van der Waals surface area contributed by atoms with Crippen molar-refractivity contribution in [3.8, 4) is 0 Å². The molecule has 1 amide bonds. The van der Waals surface area contributed by atoms with Crippen LogP contribution < -0.4 is 16.0 Å². The molecule has 18 heavy (non-hydrogen) atoms. The Hall–Kier alpha value is -1.85. The van der Waals surface area contributed by atoms with Crippen LogP contribution in [-0.4, -0.2) is 35.5 Å². The summed E-state index contributed by atoms with van der Waals surface area (Å²) >= 11 is 0.